The summed E-state index contributed by atoms with van der Waals surface area (Å²) in [6.07, 6.45) is 3.84. The summed E-state index contributed by atoms with van der Waals surface area (Å²) in [5, 5.41) is 14.1. The third kappa shape index (κ3) is 4.98. The lowest BCUT2D eigenvalue weighted by Gasteiger charge is -2.32. The van der Waals surface area contributed by atoms with E-state index in [1.54, 1.807) is 11.8 Å². The van der Waals surface area contributed by atoms with Gasteiger partial charge in [0.2, 0.25) is 5.91 Å². The number of hydrogen-bond donors (Lipinski definition) is 3. The second-order valence-electron chi connectivity index (χ2n) is 4.22. The van der Waals surface area contributed by atoms with Gasteiger partial charge in [-0.25, -0.2) is 9.59 Å². The summed E-state index contributed by atoms with van der Waals surface area (Å²) >= 11 is 1.74. The molecule has 1 aliphatic rings. The van der Waals surface area contributed by atoms with Crippen LogP contribution in [0.4, 0.5) is 4.79 Å². The minimum absolute atomic E-state index is 0.0476. The fourth-order valence-corrected chi connectivity index (χ4v) is 2.24. The minimum Gasteiger partial charge on any atom is -0.480 e. The molecule has 3 N–H and O–H groups in total. The SMILES string of the molecule is CSCCCCNC(=O)N1CC(=O)NCC1C(=O)O. The van der Waals surface area contributed by atoms with Crippen molar-refractivity contribution in [1.82, 2.24) is 15.5 Å². The van der Waals surface area contributed by atoms with Gasteiger partial charge in [0.05, 0.1) is 0 Å². The number of unbranched alkanes of at least 4 members (excludes halogenated alkanes) is 1. The van der Waals surface area contributed by atoms with E-state index in [1.807, 2.05) is 6.26 Å². The van der Waals surface area contributed by atoms with E-state index in [9.17, 15) is 14.4 Å². The van der Waals surface area contributed by atoms with E-state index in [1.165, 1.54) is 0 Å². The van der Waals surface area contributed by atoms with Gasteiger partial charge in [0.1, 0.15) is 12.6 Å². The largest absolute Gasteiger partial charge is 0.480 e. The molecule has 0 saturated carbocycles. The molecule has 1 fully saturated rings. The van der Waals surface area contributed by atoms with Crippen LogP contribution in [0, 0.1) is 0 Å². The van der Waals surface area contributed by atoms with E-state index in [4.69, 9.17) is 5.11 Å². The van der Waals surface area contributed by atoms with Gasteiger partial charge in [-0.1, -0.05) is 0 Å². The number of hydrogen-bond acceptors (Lipinski definition) is 4. The van der Waals surface area contributed by atoms with E-state index >= 15 is 0 Å². The van der Waals surface area contributed by atoms with E-state index in [-0.39, 0.29) is 19.0 Å². The molecule has 0 aromatic rings. The molecule has 1 heterocycles. The molecule has 7 nitrogen and oxygen atoms in total. The number of piperazine rings is 1. The summed E-state index contributed by atoms with van der Waals surface area (Å²) in [5.74, 6) is -0.424. The lowest BCUT2D eigenvalue weighted by atomic mass is 10.2. The van der Waals surface area contributed by atoms with Crippen LogP contribution < -0.4 is 10.6 Å². The van der Waals surface area contributed by atoms with Crippen LogP contribution in [0.3, 0.4) is 0 Å². The highest BCUT2D eigenvalue weighted by Gasteiger charge is 2.34. The number of carbonyl (C=O) groups is 3. The van der Waals surface area contributed by atoms with Gasteiger partial charge in [0, 0.05) is 13.1 Å². The molecule has 3 amide bonds. The Labute approximate surface area is 116 Å². The number of amides is 3. The van der Waals surface area contributed by atoms with Gasteiger partial charge in [-0.3, -0.25) is 9.69 Å². The molecule has 108 valence electrons. The van der Waals surface area contributed by atoms with Crippen LogP contribution in [0.15, 0.2) is 0 Å². The standard InChI is InChI=1S/C11H19N3O4S/c1-19-5-3-2-4-12-11(18)14-7-9(15)13-6-8(14)10(16)17/h8H,2-7H2,1H3,(H,12,18)(H,13,15)(H,16,17). The molecular weight excluding hydrogens is 270 g/mol. The van der Waals surface area contributed by atoms with Crippen LogP contribution in [0.2, 0.25) is 0 Å². The predicted octanol–water partition coefficient (Wildman–Crippen LogP) is -0.276. The Morgan fingerprint density at radius 1 is 1.53 bits per heavy atom. The Kier molecular flexibility index (Phi) is 6.48. The van der Waals surface area contributed by atoms with Gasteiger partial charge >= 0.3 is 12.0 Å². The molecule has 1 atom stereocenters. The van der Waals surface area contributed by atoms with Gasteiger partial charge in [-0.15, -0.1) is 0 Å². The van der Waals surface area contributed by atoms with E-state index < -0.39 is 18.0 Å². The van der Waals surface area contributed by atoms with Crippen molar-refractivity contribution in [1.29, 1.82) is 0 Å². The van der Waals surface area contributed by atoms with Gasteiger partial charge in [-0.2, -0.15) is 11.8 Å². The molecule has 1 rings (SSSR count). The van der Waals surface area contributed by atoms with E-state index in [0.717, 1.165) is 23.5 Å². The van der Waals surface area contributed by atoms with Crippen molar-refractivity contribution in [3.8, 4) is 0 Å². The molecule has 19 heavy (non-hydrogen) atoms. The average molecular weight is 289 g/mol. The average Bonchev–Trinajstić information content (AvgIpc) is 2.37. The van der Waals surface area contributed by atoms with Crippen molar-refractivity contribution in [2.75, 3.05) is 31.6 Å². The normalized spacial score (nSPS) is 18.9. The lowest BCUT2D eigenvalue weighted by Crippen LogP contribution is -2.61. The first-order chi connectivity index (χ1) is 9.06. The fraction of sp³-hybridized carbons (Fsp3) is 0.727. The van der Waals surface area contributed by atoms with E-state index in [0.29, 0.717) is 6.54 Å². The number of nitrogens with zero attached hydrogens (tertiary/aromatic N) is 1. The van der Waals surface area contributed by atoms with Gasteiger partial charge in [0.25, 0.3) is 0 Å². The van der Waals surface area contributed by atoms with Crippen LogP contribution in [0.5, 0.6) is 0 Å². The number of aliphatic carboxylic acids is 1. The maximum atomic E-state index is 11.9. The van der Waals surface area contributed by atoms with E-state index in [2.05, 4.69) is 10.6 Å². The molecule has 1 unspecified atom stereocenters. The van der Waals surface area contributed by atoms with Crippen molar-refractivity contribution >= 4 is 29.7 Å². The number of rotatable bonds is 6. The zero-order valence-electron chi connectivity index (χ0n) is 10.8. The van der Waals surface area contributed by atoms with Crippen molar-refractivity contribution in [2.45, 2.75) is 18.9 Å². The van der Waals surface area contributed by atoms with Crippen LogP contribution in [0.1, 0.15) is 12.8 Å². The van der Waals surface area contributed by atoms with Gasteiger partial charge in [0.15, 0.2) is 0 Å². The Balaban J connectivity index is 2.42. The number of thioether (sulfide) groups is 1. The smallest absolute Gasteiger partial charge is 0.328 e. The number of nitrogens with one attached hydrogen (secondary N) is 2. The minimum atomic E-state index is -1.11. The van der Waals surface area contributed by atoms with Crippen LogP contribution >= 0.6 is 11.8 Å². The summed E-state index contributed by atoms with van der Waals surface area (Å²) in [5.41, 5.74) is 0. The maximum Gasteiger partial charge on any atom is 0.328 e. The fourth-order valence-electron chi connectivity index (χ4n) is 1.74. The first kappa shape index (κ1) is 15.6. The Bertz CT molecular complexity index is 351. The summed E-state index contributed by atoms with van der Waals surface area (Å²) in [7, 11) is 0. The molecule has 0 bridgehead atoms. The highest BCUT2D eigenvalue weighted by Crippen LogP contribution is 2.05. The number of urea groups is 1. The van der Waals surface area contributed by atoms with Crippen molar-refractivity contribution in [3.05, 3.63) is 0 Å². The third-order valence-corrected chi connectivity index (χ3v) is 3.48. The number of carboxylic acid groups (broad SMARTS) is 1. The quantitative estimate of drug-likeness (QED) is 0.584. The third-order valence-electron chi connectivity index (χ3n) is 2.78. The number of carbonyl (C=O) groups excluding carboxylic acids is 2. The molecular formula is C11H19N3O4S. The van der Waals surface area contributed by atoms with Crippen LogP contribution in [-0.4, -0.2) is 65.6 Å². The Morgan fingerprint density at radius 3 is 2.89 bits per heavy atom. The summed E-state index contributed by atoms with van der Waals surface area (Å²) < 4.78 is 0. The first-order valence-corrected chi connectivity index (χ1v) is 7.48. The molecule has 8 heteroatoms. The molecule has 0 spiro atoms. The topological polar surface area (TPSA) is 98.7 Å². The first-order valence-electron chi connectivity index (χ1n) is 6.09. The van der Waals surface area contributed by atoms with Crippen LogP contribution in [0.25, 0.3) is 0 Å². The monoisotopic (exact) mass is 289 g/mol. The molecule has 0 aromatic heterocycles. The molecule has 0 aliphatic carbocycles. The molecule has 1 aliphatic heterocycles. The maximum absolute atomic E-state index is 11.9. The predicted molar refractivity (Wildman–Crippen MR) is 72.2 cm³/mol. The molecule has 1 saturated heterocycles. The molecule has 0 radical (unpaired) electrons. The number of carboxylic acids is 1. The summed E-state index contributed by atoms with van der Waals surface area (Å²) in [6.45, 7) is 0.228. The zero-order valence-corrected chi connectivity index (χ0v) is 11.7. The second kappa shape index (κ2) is 7.88. The zero-order chi connectivity index (χ0) is 14.3. The Hall–Kier alpha value is -1.44. The van der Waals surface area contributed by atoms with Crippen molar-refractivity contribution in [2.24, 2.45) is 0 Å². The van der Waals surface area contributed by atoms with Crippen LogP contribution in [-0.2, 0) is 9.59 Å². The van der Waals surface area contributed by atoms with Gasteiger partial charge in [-0.05, 0) is 24.9 Å². The Morgan fingerprint density at radius 2 is 2.26 bits per heavy atom. The lowest BCUT2D eigenvalue weighted by molar-refractivity contribution is -0.144. The highest BCUT2D eigenvalue weighted by atomic mass is 32.2. The highest BCUT2D eigenvalue weighted by molar-refractivity contribution is 7.98. The van der Waals surface area contributed by atoms with Crippen molar-refractivity contribution < 1.29 is 19.5 Å². The summed E-state index contributed by atoms with van der Waals surface area (Å²) in [4.78, 5) is 35.2. The van der Waals surface area contributed by atoms with Gasteiger partial charge < -0.3 is 15.7 Å². The summed E-state index contributed by atoms with van der Waals surface area (Å²) in [6, 6.07) is -1.49. The second-order valence-corrected chi connectivity index (χ2v) is 5.20. The van der Waals surface area contributed by atoms with Crippen molar-refractivity contribution in [3.63, 3.8) is 0 Å². The molecule has 0 aromatic carbocycles.